The van der Waals surface area contributed by atoms with E-state index in [4.69, 9.17) is 0 Å². The van der Waals surface area contributed by atoms with Crippen molar-refractivity contribution in [3.8, 4) is 45.0 Å². The van der Waals surface area contributed by atoms with Gasteiger partial charge in [-0.1, -0.05) is 279 Å². The number of rotatable bonds is 18. The van der Waals surface area contributed by atoms with Gasteiger partial charge in [0, 0.05) is 68.8 Å². The average molecular weight is 1510 g/mol. The molecule has 0 atom stereocenters. The zero-order chi connectivity index (χ0) is 79.2. The van der Waals surface area contributed by atoms with Crippen LogP contribution in [0.15, 0.2) is 122 Å². The lowest BCUT2D eigenvalue weighted by Crippen LogP contribution is -2.45. The summed E-state index contributed by atoms with van der Waals surface area (Å²) in [5.74, 6) is 3.96. The quantitative estimate of drug-likeness (QED) is 0.0601. The van der Waals surface area contributed by atoms with Crippen LogP contribution in [-0.2, 0) is 65.7 Å². The summed E-state index contributed by atoms with van der Waals surface area (Å²) in [6.07, 6.45) is 33.0. The summed E-state index contributed by atoms with van der Waals surface area (Å²) >= 11 is 0. The predicted octanol–water partition coefficient (Wildman–Crippen LogP) is 22.8. The van der Waals surface area contributed by atoms with Gasteiger partial charge in [0.25, 0.3) is 0 Å². The third kappa shape index (κ3) is 23.7. The molecule has 4 aromatic carbocycles. The molecule has 580 valence electrons. The second kappa shape index (κ2) is 35.8. The first-order chi connectivity index (χ1) is 49.7. The normalized spacial score (nSPS) is 15.0. The molecule has 8 heteroatoms. The number of hydrogen-bond donors (Lipinski definition) is 0. The number of aryl methyl sites for hydroxylation is 9. The van der Waals surface area contributed by atoms with Crippen LogP contribution in [0.2, 0.25) is 78.6 Å². The Kier molecular flexibility index (Phi) is 29.1. The number of aromatic nitrogens is 4. The maximum Gasteiger partial charge on any atom is 0.212 e. The van der Waals surface area contributed by atoms with E-state index in [1.54, 1.807) is 37.4 Å². The van der Waals surface area contributed by atoms with E-state index in [1.807, 2.05) is 0 Å². The van der Waals surface area contributed by atoms with Crippen LogP contribution < -0.4 is 39.0 Å². The lowest BCUT2D eigenvalue weighted by molar-refractivity contribution is -0.660. The molecule has 8 aromatic rings. The van der Waals surface area contributed by atoms with Crippen molar-refractivity contribution in [2.75, 3.05) is 0 Å². The molecule has 3 aliphatic rings. The van der Waals surface area contributed by atoms with E-state index >= 15 is 0 Å². The SMILES string of the molecule is Cc1cc(C(C)(C)C)ccc1-c1cc([Si](C)(C)C)c(CC(C)(C)C)c[n+]1C.Cc1ccc(C(C)C)cc1-c1cc([Si](C)(C)C)c(CC2CCCC2)c[n+]1C.Cc1ccc(C)c(-c2cc([Si](C)(C)C)c(CC3CCCC3)c[n+]2C)c1.Cc1ccc(CC(C)C)cc1-c1cc([Si](C)(C)C)c(CC2CCCC2)c[n+]1C. The summed E-state index contributed by atoms with van der Waals surface area (Å²) in [6.45, 7) is 64.1. The maximum absolute atomic E-state index is 2.55. The van der Waals surface area contributed by atoms with Gasteiger partial charge in [-0.15, -0.1) is 0 Å². The first-order valence-electron chi connectivity index (χ1n) is 42.2. The Morgan fingerprint density at radius 1 is 0.364 bits per heavy atom. The second-order valence-electron chi connectivity index (χ2n) is 41.2. The van der Waals surface area contributed by atoms with Gasteiger partial charge in [0.15, 0.2) is 24.8 Å². The van der Waals surface area contributed by atoms with Gasteiger partial charge in [-0.05, 0) is 191 Å². The van der Waals surface area contributed by atoms with Crippen molar-refractivity contribution in [2.24, 2.45) is 57.3 Å². The smallest absolute Gasteiger partial charge is 0.201 e. The van der Waals surface area contributed by atoms with E-state index in [0.717, 1.165) is 30.6 Å². The highest BCUT2D eigenvalue weighted by molar-refractivity contribution is 6.90. The Morgan fingerprint density at radius 2 is 0.701 bits per heavy atom. The third-order valence-corrected chi connectivity index (χ3v) is 32.1. The van der Waals surface area contributed by atoms with Gasteiger partial charge in [0.1, 0.15) is 28.2 Å². The first-order valence-corrected chi connectivity index (χ1v) is 56.2. The van der Waals surface area contributed by atoms with E-state index in [-0.39, 0.29) is 5.41 Å². The zero-order valence-corrected chi connectivity index (χ0v) is 78.2. The number of pyridine rings is 4. The summed E-state index contributed by atoms with van der Waals surface area (Å²) in [4.78, 5) is 0. The summed E-state index contributed by atoms with van der Waals surface area (Å²) in [6, 6.07) is 38.0. The molecule has 0 bridgehead atoms. The highest BCUT2D eigenvalue weighted by atomic mass is 28.3. The Morgan fingerprint density at radius 3 is 1.05 bits per heavy atom. The topological polar surface area (TPSA) is 15.5 Å². The largest absolute Gasteiger partial charge is 0.212 e. The van der Waals surface area contributed by atoms with Crippen LogP contribution in [-0.4, -0.2) is 32.3 Å². The second-order valence-corrected chi connectivity index (χ2v) is 61.4. The summed E-state index contributed by atoms with van der Waals surface area (Å²) in [5, 5.41) is 6.59. The van der Waals surface area contributed by atoms with Gasteiger partial charge in [-0.3, -0.25) is 0 Å². The molecule has 0 N–H and O–H groups in total. The van der Waals surface area contributed by atoms with Gasteiger partial charge in [0.05, 0.1) is 32.3 Å². The average Bonchev–Trinajstić information content (AvgIpc) is 0.997. The molecule has 0 unspecified atom stereocenters. The van der Waals surface area contributed by atoms with E-state index in [2.05, 4.69) is 351 Å². The van der Waals surface area contributed by atoms with Crippen molar-refractivity contribution in [1.29, 1.82) is 0 Å². The number of nitrogens with zero attached hydrogens (tertiary/aromatic N) is 4. The van der Waals surface area contributed by atoms with Gasteiger partial charge in [0.2, 0.25) is 22.8 Å². The van der Waals surface area contributed by atoms with Gasteiger partial charge < -0.3 is 0 Å². The standard InChI is InChI=1S/C26H40NSi.C25H38NSi.C25H40NSi.C23H34NSi/c1-19(2)14-22-13-12-20(3)24(16-22)25-17-26(28(5,6)7)23(18-27(25)4)15-21-10-8-9-11-21;1-18(2)21-13-12-19(3)23(15-21)24-16-25(27(5,6)7)22(17-26(24)4)14-20-10-8-9-11-20;1-18-14-20(25(5,6)7)12-13-21(18)22-15-23(27(9,10)11)19(17-26(22)8)16-24(2,3)4;1-17-11-12-18(2)21(13-17)22-15-23(25(4,5)6)20(16-24(22)3)14-19-9-7-8-10-19/h12-13,16-19,21H,8-11,14-15H2,1-7H3;12-13,15-18,20H,8-11,14H2,1-7H3;12-15,17H,16H2,1-11H3;11-13,15-16,19H,7-10,14H2,1-6H3/q4*+1. The Bertz CT molecular complexity index is 4330. The van der Waals surface area contributed by atoms with Gasteiger partial charge in [-0.2, -0.15) is 0 Å². The maximum atomic E-state index is 2.55. The van der Waals surface area contributed by atoms with Crippen LogP contribution in [0.4, 0.5) is 0 Å². The lowest BCUT2D eigenvalue weighted by atomic mass is 9.85. The predicted molar refractivity (Wildman–Crippen MR) is 479 cm³/mol. The van der Waals surface area contributed by atoms with Crippen LogP contribution in [0.1, 0.15) is 219 Å². The molecule has 0 spiro atoms. The van der Waals surface area contributed by atoms with E-state index < -0.39 is 32.3 Å². The van der Waals surface area contributed by atoms with Crippen molar-refractivity contribution in [3.05, 3.63) is 189 Å². The highest BCUT2D eigenvalue weighted by Crippen LogP contribution is 2.35. The molecular formula is C99H152N4Si4+4. The number of benzene rings is 4. The van der Waals surface area contributed by atoms with Crippen LogP contribution >= 0.6 is 0 Å². The molecule has 0 aliphatic heterocycles. The molecule has 0 saturated heterocycles. The van der Waals surface area contributed by atoms with E-state index in [9.17, 15) is 0 Å². The summed E-state index contributed by atoms with van der Waals surface area (Å²) in [5.41, 5.74) is 29.0. The Balaban J connectivity index is 0.000000180. The molecule has 3 fully saturated rings. The fourth-order valence-corrected chi connectivity index (χ4v) is 24.5. The fraction of sp³-hybridized carbons (Fsp3) is 0.556. The molecule has 4 heterocycles. The molecule has 3 saturated carbocycles. The third-order valence-electron chi connectivity index (χ3n) is 23.8. The monoisotopic (exact) mass is 1510 g/mol. The van der Waals surface area contributed by atoms with Crippen LogP contribution in [0.5, 0.6) is 0 Å². The molecule has 0 radical (unpaired) electrons. The van der Waals surface area contributed by atoms with Crippen molar-refractivity contribution in [1.82, 2.24) is 0 Å². The minimum absolute atomic E-state index is 0.186. The lowest BCUT2D eigenvalue weighted by Gasteiger charge is -2.25. The minimum atomic E-state index is -1.44. The van der Waals surface area contributed by atoms with Crippen LogP contribution in [0.25, 0.3) is 45.0 Å². The van der Waals surface area contributed by atoms with Crippen molar-refractivity contribution in [2.45, 2.75) is 303 Å². The Hall–Kier alpha value is -5.65. The van der Waals surface area contributed by atoms with Gasteiger partial charge >= 0.3 is 0 Å². The van der Waals surface area contributed by atoms with Gasteiger partial charge in [-0.25, -0.2) is 18.3 Å². The van der Waals surface area contributed by atoms with E-state index in [0.29, 0.717) is 17.3 Å². The first kappa shape index (κ1) is 86.9. The number of hydrogen-bond acceptors (Lipinski definition) is 0. The van der Waals surface area contributed by atoms with E-state index in [1.165, 1.54) is 191 Å². The molecule has 3 aliphatic carbocycles. The fourth-order valence-electron chi connectivity index (χ4n) is 17.7. The molecule has 11 rings (SSSR count). The van der Waals surface area contributed by atoms with Crippen LogP contribution in [0.3, 0.4) is 0 Å². The molecule has 4 nitrogen and oxygen atoms in total. The summed E-state index contributed by atoms with van der Waals surface area (Å²) < 4.78 is 9.50. The Labute approximate surface area is 660 Å². The van der Waals surface area contributed by atoms with Crippen molar-refractivity contribution >= 4 is 53.0 Å². The minimum Gasteiger partial charge on any atom is -0.201 e. The van der Waals surface area contributed by atoms with Crippen LogP contribution in [0, 0.1) is 63.7 Å². The molecule has 0 amide bonds. The molecule has 4 aromatic heterocycles. The molecular weight excluding hydrogens is 1360 g/mol. The summed E-state index contributed by atoms with van der Waals surface area (Å²) in [7, 11) is 3.28. The van der Waals surface area contributed by atoms with Crippen molar-refractivity contribution in [3.63, 3.8) is 0 Å². The molecule has 107 heavy (non-hydrogen) atoms. The zero-order valence-electron chi connectivity index (χ0n) is 74.2. The highest BCUT2D eigenvalue weighted by Gasteiger charge is 2.34. The van der Waals surface area contributed by atoms with Crippen molar-refractivity contribution < 1.29 is 18.3 Å².